The Balaban J connectivity index is 2.16. The van der Waals surface area contributed by atoms with Crippen molar-refractivity contribution in [1.29, 1.82) is 0 Å². The van der Waals surface area contributed by atoms with Gasteiger partial charge in [0, 0.05) is 24.5 Å². The average molecular weight is 251 g/mol. The quantitative estimate of drug-likeness (QED) is 0.905. The highest BCUT2D eigenvalue weighted by atomic mass is 19.2. The molecule has 0 bridgehead atoms. The Hall–Kier alpha value is -2.08. The van der Waals surface area contributed by atoms with E-state index in [1.54, 1.807) is 19.4 Å². The van der Waals surface area contributed by atoms with Gasteiger partial charge in [0.1, 0.15) is 0 Å². The standard InChI is InChI=1S/C12H11F2N3O/c1-15-5-8-6-16-12(17-7-8)18-10-4-2-3-9(13)11(10)14/h2-4,6-7,15H,5H2,1H3. The molecule has 1 heterocycles. The largest absolute Gasteiger partial charge is 0.421 e. The summed E-state index contributed by atoms with van der Waals surface area (Å²) in [5.74, 6) is -2.27. The molecule has 2 aromatic rings. The predicted molar refractivity (Wildman–Crippen MR) is 61.2 cm³/mol. The van der Waals surface area contributed by atoms with E-state index in [2.05, 4.69) is 15.3 Å². The van der Waals surface area contributed by atoms with Gasteiger partial charge in [-0.15, -0.1) is 0 Å². The van der Waals surface area contributed by atoms with E-state index in [-0.39, 0.29) is 11.8 Å². The predicted octanol–water partition coefficient (Wildman–Crippen LogP) is 2.27. The molecule has 2 rings (SSSR count). The first-order chi connectivity index (χ1) is 8.70. The fourth-order valence-corrected chi connectivity index (χ4v) is 1.35. The van der Waals surface area contributed by atoms with E-state index in [9.17, 15) is 8.78 Å². The SMILES string of the molecule is CNCc1cnc(Oc2cccc(F)c2F)nc1. The first kappa shape index (κ1) is 12.4. The monoisotopic (exact) mass is 251 g/mol. The Morgan fingerprint density at radius 3 is 2.61 bits per heavy atom. The number of ether oxygens (including phenoxy) is 1. The highest BCUT2D eigenvalue weighted by Gasteiger charge is 2.10. The fourth-order valence-electron chi connectivity index (χ4n) is 1.35. The molecular formula is C12H11F2N3O. The summed E-state index contributed by atoms with van der Waals surface area (Å²) < 4.78 is 31.3. The molecule has 0 saturated heterocycles. The van der Waals surface area contributed by atoms with Crippen molar-refractivity contribution < 1.29 is 13.5 Å². The molecule has 0 aliphatic carbocycles. The third-order valence-electron chi connectivity index (χ3n) is 2.18. The Morgan fingerprint density at radius 1 is 1.22 bits per heavy atom. The summed E-state index contributed by atoms with van der Waals surface area (Å²) in [7, 11) is 1.80. The summed E-state index contributed by atoms with van der Waals surface area (Å²) in [6.45, 7) is 0.620. The molecule has 94 valence electrons. The molecule has 0 aliphatic heterocycles. The zero-order valence-corrected chi connectivity index (χ0v) is 9.65. The summed E-state index contributed by atoms with van der Waals surface area (Å²) in [4.78, 5) is 7.80. The molecule has 1 aromatic carbocycles. The molecule has 0 aliphatic rings. The van der Waals surface area contributed by atoms with Crippen molar-refractivity contribution >= 4 is 0 Å². The number of benzene rings is 1. The Kier molecular flexibility index (Phi) is 3.78. The van der Waals surface area contributed by atoms with E-state index in [1.165, 1.54) is 12.1 Å². The molecule has 4 nitrogen and oxygen atoms in total. The topological polar surface area (TPSA) is 47.0 Å². The number of hydrogen-bond donors (Lipinski definition) is 1. The lowest BCUT2D eigenvalue weighted by atomic mass is 10.3. The summed E-state index contributed by atoms with van der Waals surface area (Å²) >= 11 is 0. The molecule has 18 heavy (non-hydrogen) atoms. The van der Waals surface area contributed by atoms with Crippen LogP contribution in [0.2, 0.25) is 0 Å². The highest BCUT2D eigenvalue weighted by Crippen LogP contribution is 2.23. The van der Waals surface area contributed by atoms with E-state index in [4.69, 9.17) is 4.74 Å². The van der Waals surface area contributed by atoms with E-state index in [0.29, 0.717) is 6.54 Å². The van der Waals surface area contributed by atoms with Crippen molar-refractivity contribution in [2.45, 2.75) is 6.54 Å². The van der Waals surface area contributed by atoms with Crippen LogP contribution in [0.25, 0.3) is 0 Å². The van der Waals surface area contributed by atoms with Crippen LogP contribution in [-0.4, -0.2) is 17.0 Å². The number of nitrogens with one attached hydrogen (secondary N) is 1. The molecule has 0 saturated carbocycles. The minimum Gasteiger partial charge on any atom is -0.421 e. The van der Waals surface area contributed by atoms with Crippen LogP contribution < -0.4 is 10.1 Å². The molecule has 0 radical (unpaired) electrons. The third-order valence-corrected chi connectivity index (χ3v) is 2.18. The van der Waals surface area contributed by atoms with Gasteiger partial charge in [-0.1, -0.05) is 6.07 Å². The maximum atomic E-state index is 13.3. The van der Waals surface area contributed by atoms with Crippen molar-refractivity contribution in [2.75, 3.05) is 7.05 Å². The molecule has 0 amide bonds. The number of rotatable bonds is 4. The van der Waals surface area contributed by atoms with Crippen LogP contribution in [-0.2, 0) is 6.54 Å². The molecule has 0 fully saturated rings. The lowest BCUT2D eigenvalue weighted by molar-refractivity contribution is 0.392. The smallest absolute Gasteiger partial charge is 0.321 e. The average Bonchev–Trinajstić information content (AvgIpc) is 2.38. The van der Waals surface area contributed by atoms with Gasteiger partial charge in [-0.25, -0.2) is 14.4 Å². The van der Waals surface area contributed by atoms with Crippen molar-refractivity contribution in [3.8, 4) is 11.8 Å². The van der Waals surface area contributed by atoms with Crippen LogP contribution >= 0.6 is 0 Å². The lowest BCUT2D eigenvalue weighted by Crippen LogP contribution is -2.06. The normalized spacial score (nSPS) is 10.4. The van der Waals surface area contributed by atoms with E-state index < -0.39 is 11.6 Å². The second kappa shape index (κ2) is 5.50. The van der Waals surface area contributed by atoms with E-state index >= 15 is 0 Å². The van der Waals surface area contributed by atoms with Crippen LogP contribution in [0.4, 0.5) is 8.78 Å². The Morgan fingerprint density at radius 2 is 1.94 bits per heavy atom. The van der Waals surface area contributed by atoms with Crippen molar-refractivity contribution in [3.05, 3.63) is 47.8 Å². The fraction of sp³-hybridized carbons (Fsp3) is 0.167. The van der Waals surface area contributed by atoms with E-state index in [0.717, 1.165) is 11.6 Å². The van der Waals surface area contributed by atoms with Crippen LogP contribution in [0.3, 0.4) is 0 Å². The molecule has 0 atom stereocenters. The Bertz CT molecular complexity index is 531. The van der Waals surface area contributed by atoms with Gasteiger partial charge in [0.2, 0.25) is 5.82 Å². The van der Waals surface area contributed by atoms with Gasteiger partial charge in [0.15, 0.2) is 11.6 Å². The number of halogens is 2. The number of nitrogens with zero attached hydrogens (tertiary/aromatic N) is 2. The minimum atomic E-state index is -1.06. The number of hydrogen-bond acceptors (Lipinski definition) is 4. The maximum absolute atomic E-state index is 13.3. The summed E-state index contributed by atoms with van der Waals surface area (Å²) in [6, 6.07) is 3.64. The van der Waals surface area contributed by atoms with E-state index in [1.807, 2.05) is 0 Å². The van der Waals surface area contributed by atoms with Gasteiger partial charge in [-0.05, 0) is 19.2 Å². The molecule has 6 heteroatoms. The lowest BCUT2D eigenvalue weighted by Gasteiger charge is -2.05. The second-order valence-electron chi connectivity index (χ2n) is 3.56. The maximum Gasteiger partial charge on any atom is 0.321 e. The van der Waals surface area contributed by atoms with Crippen molar-refractivity contribution in [2.24, 2.45) is 0 Å². The summed E-state index contributed by atoms with van der Waals surface area (Å²) in [5, 5.41) is 2.94. The highest BCUT2D eigenvalue weighted by molar-refractivity contribution is 5.27. The zero-order chi connectivity index (χ0) is 13.0. The molecule has 0 spiro atoms. The van der Waals surface area contributed by atoms with Crippen molar-refractivity contribution in [3.63, 3.8) is 0 Å². The zero-order valence-electron chi connectivity index (χ0n) is 9.65. The van der Waals surface area contributed by atoms with Crippen LogP contribution in [0.1, 0.15) is 5.56 Å². The van der Waals surface area contributed by atoms with Gasteiger partial charge in [-0.3, -0.25) is 0 Å². The van der Waals surface area contributed by atoms with Crippen molar-refractivity contribution in [1.82, 2.24) is 15.3 Å². The van der Waals surface area contributed by atoms with Crippen LogP contribution in [0, 0.1) is 11.6 Å². The number of aromatic nitrogens is 2. The van der Waals surface area contributed by atoms with Gasteiger partial charge in [-0.2, -0.15) is 4.39 Å². The summed E-state index contributed by atoms with van der Waals surface area (Å²) in [5.41, 5.74) is 0.865. The Labute approximate surface area is 103 Å². The summed E-state index contributed by atoms with van der Waals surface area (Å²) in [6.07, 6.45) is 3.10. The van der Waals surface area contributed by atoms with Crippen LogP contribution in [0.15, 0.2) is 30.6 Å². The van der Waals surface area contributed by atoms with Crippen LogP contribution in [0.5, 0.6) is 11.8 Å². The first-order valence-electron chi connectivity index (χ1n) is 5.28. The molecule has 1 aromatic heterocycles. The van der Waals surface area contributed by atoms with Gasteiger partial charge in [0.25, 0.3) is 0 Å². The van der Waals surface area contributed by atoms with Gasteiger partial charge in [0.05, 0.1) is 0 Å². The molecule has 1 N–H and O–H groups in total. The molecule has 0 unspecified atom stereocenters. The van der Waals surface area contributed by atoms with Gasteiger partial charge < -0.3 is 10.1 Å². The minimum absolute atomic E-state index is 0.0284. The first-order valence-corrected chi connectivity index (χ1v) is 5.28. The second-order valence-corrected chi connectivity index (χ2v) is 3.56. The third kappa shape index (κ3) is 2.78. The van der Waals surface area contributed by atoms with Gasteiger partial charge >= 0.3 is 6.01 Å². The molecular weight excluding hydrogens is 240 g/mol.